The summed E-state index contributed by atoms with van der Waals surface area (Å²) in [6, 6.07) is 10.9. The van der Waals surface area contributed by atoms with Gasteiger partial charge >= 0.3 is 6.03 Å². The molecule has 270 valence electrons. The van der Waals surface area contributed by atoms with Crippen LogP contribution in [0.15, 0.2) is 48.8 Å². The summed E-state index contributed by atoms with van der Waals surface area (Å²) in [5.41, 5.74) is 3.99. The second-order valence-electron chi connectivity index (χ2n) is 13.0. The highest BCUT2D eigenvalue weighted by molar-refractivity contribution is 6.39. The van der Waals surface area contributed by atoms with Gasteiger partial charge in [0.2, 0.25) is 17.7 Å². The lowest BCUT2D eigenvalue weighted by Gasteiger charge is -2.37. The van der Waals surface area contributed by atoms with Crippen molar-refractivity contribution in [2.45, 2.75) is 50.4 Å². The lowest BCUT2D eigenvalue weighted by atomic mass is 9.89. The number of likely N-dealkylation sites (tertiary alicyclic amines) is 1. The van der Waals surface area contributed by atoms with E-state index in [-0.39, 0.29) is 17.9 Å². The van der Waals surface area contributed by atoms with E-state index in [2.05, 4.69) is 31.2 Å². The first-order valence-corrected chi connectivity index (χ1v) is 17.7. The number of methoxy groups -OCH3 is 2. The van der Waals surface area contributed by atoms with Gasteiger partial charge in [0.25, 0.3) is 5.91 Å². The maximum absolute atomic E-state index is 12.6. The maximum Gasteiger partial charge on any atom is 0.322 e. The molecule has 0 radical (unpaired) electrons. The van der Waals surface area contributed by atoms with Crippen LogP contribution in [0.4, 0.5) is 4.79 Å². The molecule has 4 N–H and O–H groups in total. The maximum atomic E-state index is 12.6. The molecule has 4 aromatic rings. The molecule has 2 aromatic carbocycles. The normalized spacial score (nSPS) is 20.2. The van der Waals surface area contributed by atoms with Crippen molar-refractivity contribution < 1.29 is 23.9 Å². The molecule has 0 aliphatic carbocycles. The van der Waals surface area contributed by atoms with E-state index in [1.807, 2.05) is 36.4 Å². The van der Waals surface area contributed by atoms with Gasteiger partial charge < -0.3 is 25.4 Å². The number of aromatic nitrogens is 4. The van der Waals surface area contributed by atoms with Gasteiger partial charge in [0, 0.05) is 60.9 Å². The molecular weight excluding hydrogens is 709 g/mol. The van der Waals surface area contributed by atoms with Gasteiger partial charge in [0.1, 0.15) is 16.9 Å². The Bertz CT molecular complexity index is 2050. The molecule has 3 aliphatic rings. The second kappa shape index (κ2) is 15.0. The van der Waals surface area contributed by atoms with Gasteiger partial charge in [-0.2, -0.15) is 0 Å². The van der Waals surface area contributed by atoms with Crippen molar-refractivity contribution in [2.24, 2.45) is 0 Å². The number of piperidine rings is 1. The number of nitrogens with zero attached hydrogens (tertiary/aromatic N) is 5. The number of amides is 4. The third-order valence-electron chi connectivity index (χ3n) is 9.58. The number of carbonyl (C=O) groups excluding carboxylic acids is 3. The number of urea groups is 1. The summed E-state index contributed by atoms with van der Waals surface area (Å²) in [6.45, 7) is 2.50. The van der Waals surface area contributed by atoms with Crippen molar-refractivity contribution in [1.29, 1.82) is 0 Å². The number of carbonyl (C=O) groups is 3. The summed E-state index contributed by atoms with van der Waals surface area (Å²) in [4.78, 5) is 56.8. The molecule has 2 atom stereocenters. The fourth-order valence-corrected chi connectivity index (χ4v) is 7.64. The zero-order valence-electron chi connectivity index (χ0n) is 28.6. The van der Waals surface area contributed by atoms with E-state index in [1.165, 1.54) is 7.11 Å². The predicted molar refractivity (Wildman–Crippen MR) is 194 cm³/mol. The standard InChI is InChI=1S/C36H37Cl2N9O5/c1-51-32-27(15-39-14-20-10-11-29(48)42-20)40-16-25(43-32)23-8-3-6-21(30(23)37)22-7-4-9-24(31(22)38)26-17-41-28(33(44-26)52-2)18-47-13-5-12-36(19-47)34(49)45-35(50)46-36/h3-4,6-9,16-17,20,39H,5,10-15,18-19H2,1-2H3,(H,42,48)(H2,45,46,49,50)/t20-,36?/m0/s1. The van der Waals surface area contributed by atoms with Crippen molar-refractivity contribution in [2.75, 3.05) is 33.9 Å². The van der Waals surface area contributed by atoms with Crippen LogP contribution in [0.1, 0.15) is 37.1 Å². The van der Waals surface area contributed by atoms with Crippen LogP contribution in [0.3, 0.4) is 0 Å². The fourth-order valence-electron chi connectivity index (χ4n) is 6.99. The van der Waals surface area contributed by atoms with Crippen molar-refractivity contribution >= 4 is 41.0 Å². The van der Waals surface area contributed by atoms with E-state index in [4.69, 9.17) is 47.6 Å². The minimum Gasteiger partial charge on any atom is -0.480 e. The summed E-state index contributed by atoms with van der Waals surface area (Å²) in [6.07, 6.45) is 5.96. The number of halogens is 2. The van der Waals surface area contributed by atoms with E-state index in [9.17, 15) is 14.4 Å². The van der Waals surface area contributed by atoms with Crippen LogP contribution in [0.25, 0.3) is 33.6 Å². The van der Waals surface area contributed by atoms with Crippen molar-refractivity contribution in [3.8, 4) is 45.4 Å². The van der Waals surface area contributed by atoms with Crippen molar-refractivity contribution in [3.63, 3.8) is 0 Å². The van der Waals surface area contributed by atoms with Crippen LogP contribution in [0, 0.1) is 0 Å². The number of nitrogens with one attached hydrogen (secondary N) is 4. The molecule has 52 heavy (non-hydrogen) atoms. The summed E-state index contributed by atoms with van der Waals surface area (Å²) >= 11 is 14.1. The fraction of sp³-hybridized carbons (Fsp3) is 0.361. The first-order chi connectivity index (χ1) is 25.2. The SMILES string of the molecule is COc1nc(-c2cccc(-c3cccc(-c4cnc(CN5CCCC6(C5)NC(=O)NC6=O)c(OC)n4)c3Cl)c2Cl)cnc1CNC[C@@H]1CCC(=O)N1. The van der Waals surface area contributed by atoms with Crippen LogP contribution in [0.2, 0.25) is 10.0 Å². The quantitative estimate of drug-likeness (QED) is 0.163. The summed E-state index contributed by atoms with van der Waals surface area (Å²) < 4.78 is 11.2. The Morgan fingerprint density at radius 1 is 0.904 bits per heavy atom. The van der Waals surface area contributed by atoms with E-state index in [0.717, 1.165) is 19.4 Å². The van der Waals surface area contributed by atoms with E-state index >= 15 is 0 Å². The molecule has 16 heteroatoms. The second-order valence-corrected chi connectivity index (χ2v) is 13.8. The molecule has 4 amide bonds. The molecule has 0 bridgehead atoms. The number of imide groups is 1. The summed E-state index contributed by atoms with van der Waals surface area (Å²) in [5, 5.41) is 12.3. The van der Waals surface area contributed by atoms with Gasteiger partial charge in [-0.15, -0.1) is 0 Å². The molecule has 1 unspecified atom stereocenters. The smallest absolute Gasteiger partial charge is 0.322 e. The first kappa shape index (κ1) is 35.5. The Kier molecular flexibility index (Phi) is 10.2. The van der Waals surface area contributed by atoms with Crippen LogP contribution in [-0.4, -0.2) is 88.1 Å². The monoisotopic (exact) mass is 745 g/mol. The molecule has 2 aromatic heterocycles. The van der Waals surface area contributed by atoms with Crippen LogP contribution in [0.5, 0.6) is 11.8 Å². The lowest BCUT2D eigenvalue weighted by Crippen LogP contribution is -2.58. The minimum absolute atomic E-state index is 0.0723. The number of benzene rings is 2. The highest BCUT2D eigenvalue weighted by atomic mass is 35.5. The third kappa shape index (κ3) is 7.11. The Morgan fingerprint density at radius 2 is 1.52 bits per heavy atom. The number of hydrogen-bond donors (Lipinski definition) is 4. The lowest BCUT2D eigenvalue weighted by molar-refractivity contribution is -0.126. The van der Waals surface area contributed by atoms with Crippen molar-refractivity contribution in [3.05, 3.63) is 70.2 Å². The Morgan fingerprint density at radius 3 is 2.10 bits per heavy atom. The molecule has 5 heterocycles. The number of rotatable bonds is 11. The van der Waals surface area contributed by atoms with E-state index < -0.39 is 11.6 Å². The topological polar surface area (TPSA) is 173 Å². The molecule has 0 saturated carbocycles. The van der Waals surface area contributed by atoms with E-state index in [1.54, 1.807) is 19.5 Å². The minimum atomic E-state index is -0.946. The average Bonchev–Trinajstić information content (AvgIpc) is 3.68. The van der Waals surface area contributed by atoms with Crippen LogP contribution in [-0.2, 0) is 22.7 Å². The zero-order chi connectivity index (χ0) is 36.4. The first-order valence-electron chi connectivity index (χ1n) is 16.9. The van der Waals surface area contributed by atoms with Gasteiger partial charge in [0.05, 0.1) is 48.0 Å². The van der Waals surface area contributed by atoms with Crippen LogP contribution < -0.4 is 30.7 Å². The van der Waals surface area contributed by atoms with Crippen LogP contribution >= 0.6 is 23.2 Å². The highest BCUT2D eigenvalue weighted by Gasteiger charge is 2.48. The summed E-state index contributed by atoms with van der Waals surface area (Å²) in [7, 11) is 3.07. The largest absolute Gasteiger partial charge is 0.480 e. The Hall–Kier alpha value is -4.89. The van der Waals surface area contributed by atoms with E-state index in [0.29, 0.717) is 106 Å². The molecule has 7 rings (SSSR count). The molecule has 3 saturated heterocycles. The number of hydrogen-bond acceptors (Lipinski definition) is 11. The van der Waals surface area contributed by atoms with Crippen molar-refractivity contribution in [1.82, 2.24) is 46.1 Å². The van der Waals surface area contributed by atoms with Gasteiger partial charge in [-0.1, -0.05) is 59.6 Å². The Labute approximate surface area is 310 Å². The zero-order valence-corrected chi connectivity index (χ0v) is 30.1. The van der Waals surface area contributed by atoms with Gasteiger partial charge in [0.15, 0.2) is 0 Å². The molecule has 1 spiro atoms. The predicted octanol–water partition coefficient (Wildman–Crippen LogP) is 4.13. The van der Waals surface area contributed by atoms with Gasteiger partial charge in [-0.3, -0.25) is 29.8 Å². The summed E-state index contributed by atoms with van der Waals surface area (Å²) in [5.74, 6) is 0.463. The Balaban J connectivity index is 1.11. The van der Waals surface area contributed by atoms with Gasteiger partial charge in [-0.25, -0.2) is 14.8 Å². The van der Waals surface area contributed by atoms with Gasteiger partial charge in [-0.05, 0) is 25.8 Å². The molecule has 14 nitrogen and oxygen atoms in total. The molecule has 3 fully saturated rings. The third-order valence-corrected chi connectivity index (χ3v) is 10.4. The average molecular weight is 747 g/mol. The number of ether oxygens (including phenoxy) is 2. The molecule has 3 aliphatic heterocycles. The molecular formula is C36H37Cl2N9O5. The highest BCUT2D eigenvalue weighted by Crippen LogP contribution is 2.42.